The molecule has 1 aliphatic heterocycles. The number of carbonyl (C=O) groups is 1. The zero-order valence-electron chi connectivity index (χ0n) is 9.69. The van der Waals surface area contributed by atoms with Crippen LogP contribution in [0.1, 0.15) is 5.56 Å². The minimum absolute atomic E-state index is 0.353. The molecule has 1 heterocycles. The SMILES string of the molecule is CNC(CNc1ccc2c(c1)CCO2)C(=O)O. The summed E-state index contributed by atoms with van der Waals surface area (Å²) in [5.74, 6) is 0.0726. The molecule has 0 saturated heterocycles. The van der Waals surface area contributed by atoms with Gasteiger partial charge in [0.05, 0.1) is 6.61 Å². The Morgan fingerprint density at radius 2 is 2.41 bits per heavy atom. The second kappa shape index (κ2) is 5.05. The number of hydrogen-bond acceptors (Lipinski definition) is 4. The van der Waals surface area contributed by atoms with Crippen molar-refractivity contribution in [1.29, 1.82) is 0 Å². The van der Waals surface area contributed by atoms with Crippen LogP contribution in [0.4, 0.5) is 5.69 Å². The number of benzene rings is 1. The molecule has 17 heavy (non-hydrogen) atoms. The Kier molecular flexibility index (Phi) is 3.49. The Bertz CT molecular complexity index is 420. The summed E-state index contributed by atoms with van der Waals surface area (Å²) in [5.41, 5.74) is 2.10. The van der Waals surface area contributed by atoms with Gasteiger partial charge in [-0.25, -0.2) is 0 Å². The van der Waals surface area contributed by atoms with Crippen LogP contribution in [0.15, 0.2) is 18.2 Å². The van der Waals surface area contributed by atoms with Crippen LogP contribution >= 0.6 is 0 Å². The van der Waals surface area contributed by atoms with Crippen molar-refractivity contribution in [1.82, 2.24) is 5.32 Å². The second-order valence-electron chi connectivity index (χ2n) is 3.98. The first-order valence-corrected chi connectivity index (χ1v) is 5.60. The molecule has 0 saturated carbocycles. The molecule has 1 aromatic carbocycles. The topological polar surface area (TPSA) is 70.6 Å². The van der Waals surface area contributed by atoms with E-state index in [0.29, 0.717) is 6.54 Å². The lowest BCUT2D eigenvalue weighted by atomic mass is 10.1. The van der Waals surface area contributed by atoms with Gasteiger partial charge in [0.2, 0.25) is 0 Å². The molecule has 0 radical (unpaired) electrons. The first-order chi connectivity index (χ1) is 8.20. The van der Waals surface area contributed by atoms with Crippen LogP contribution in [-0.4, -0.2) is 37.3 Å². The van der Waals surface area contributed by atoms with Crippen molar-refractivity contribution in [2.24, 2.45) is 0 Å². The molecular formula is C12H16N2O3. The standard InChI is InChI=1S/C12H16N2O3/c1-13-10(12(15)16)7-14-9-2-3-11-8(6-9)4-5-17-11/h2-3,6,10,13-14H,4-5,7H2,1H3,(H,15,16). The van der Waals surface area contributed by atoms with Gasteiger partial charge in [-0.3, -0.25) is 4.79 Å². The van der Waals surface area contributed by atoms with E-state index in [2.05, 4.69) is 10.6 Å². The largest absolute Gasteiger partial charge is 0.493 e. The molecule has 1 aromatic rings. The first kappa shape index (κ1) is 11.7. The third-order valence-electron chi connectivity index (χ3n) is 2.85. The van der Waals surface area contributed by atoms with Crippen LogP contribution in [0.3, 0.4) is 0 Å². The van der Waals surface area contributed by atoms with E-state index in [1.54, 1.807) is 7.05 Å². The summed E-state index contributed by atoms with van der Waals surface area (Å²) < 4.78 is 5.40. The van der Waals surface area contributed by atoms with Gasteiger partial charge < -0.3 is 20.5 Å². The molecule has 2 rings (SSSR count). The number of carboxylic acid groups (broad SMARTS) is 1. The maximum atomic E-state index is 10.8. The van der Waals surface area contributed by atoms with Gasteiger partial charge in [0, 0.05) is 18.7 Å². The summed E-state index contributed by atoms with van der Waals surface area (Å²) in [5, 5.41) is 14.7. The lowest BCUT2D eigenvalue weighted by Crippen LogP contribution is -2.39. The molecule has 0 amide bonds. The van der Waals surface area contributed by atoms with E-state index in [9.17, 15) is 4.79 Å². The number of likely N-dealkylation sites (N-methyl/N-ethyl adjacent to an activating group) is 1. The number of anilines is 1. The highest BCUT2D eigenvalue weighted by Gasteiger charge is 2.15. The summed E-state index contributed by atoms with van der Waals surface area (Å²) in [7, 11) is 1.64. The van der Waals surface area contributed by atoms with Crippen LogP contribution in [0, 0.1) is 0 Å². The normalized spacial score (nSPS) is 14.9. The summed E-state index contributed by atoms with van der Waals surface area (Å²) >= 11 is 0. The van der Waals surface area contributed by atoms with E-state index in [-0.39, 0.29) is 0 Å². The molecule has 1 unspecified atom stereocenters. The highest BCUT2D eigenvalue weighted by molar-refractivity contribution is 5.74. The molecular weight excluding hydrogens is 220 g/mol. The average molecular weight is 236 g/mol. The molecule has 0 bridgehead atoms. The first-order valence-electron chi connectivity index (χ1n) is 5.60. The lowest BCUT2D eigenvalue weighted by molar-refractivity contribution is -0.138. The van der Waals surface area contributed by atoms with Gasteiger partial charge in [0.15, 0.2) is 0 Å². The van der Waals surface area contributed by atoms with Crippen molar-refractivity contribution in [2.45, 2.75) is 12.5 Å². The number of fused-ring (bicyclic) bond motifs is 1. The number of rotatable bonds is 5. The van der Waals surface area contributed by atoms with Gasteiger partial charge in [-0.2, -0.15) is 0 Å². The highest BCUT2D eigenvalue weighted by Crippen LogP contribution is 2.27. The molecule has 5 nitrogen and oxygen atoms in total. The number of ether oxygens (including phenoxy) is 1. The number of nitrogens with one attached hydrogen (secondary N) is 2. The third kappa shape index (κ3) is 2.68. The number of carboxylic acids is 1. The molecule has 3 N–H and O–H groups in total. The zero-order chi connectivity index (χ0) is 12.3. The van der Waals surface area contributed by atoms with Crippen LogP contribution < -0.4 is 15.4 Å². The van der Waals surface area contributed by atoms with E-state index >= 15 is 0 Å². The average Bonchev–Trinajstić information content (AvgIpc) is 2.76. The Morgan fingerprint density at radius 1 is 1.59 bits per heavy atom. The summed E-state index contributed by atoms with van der Waals surface area (Å²) in [6.45, 7) is 1.08. The minimum atomic E-state index is -0.857. The fraction of sp³-hybridized carbons (Fsp3) is 0.417. The van der Waals surface area contributed by atoms with Gasteiger partial charge in [0.1, 0.15) is 11.8 Å². The summed E-state index contributed by atoms with van der Waals surface area (Å²) in [4.78, 5) is 10.8. The third-order valence-corrected chi connectivity index (χ3v) is 2.85. The van der Waals surface area contributed by atoms with Crippen LogP contribution in [0.25, 0.3) is 0 Å². The molecule has 1 atom stereocenters. The van der Waals surface area contributed by atoms with E-state index in [1.165, 1.54) is 5.56 Å². The fourth-order valence-corrected chi connectivity index (χ4v) is 1.83. The molecule has 0 fully saturated rings. The fourth-order valence-electron chi connectivity index (χ4n) is 1.83. The van der Waals surface area contributed by atoms with Gasteiger partial charge in [-0.05, 0) is 30.8 Å². The Balaban J connectivity index is 1.97. The van der Waals surface area contributed by atoms with Crippen molar-refractivity contribution in [3.63, 3.8) is 0 Å². The molecule has 92 valence electrons. The molecule has 0 spiro atoms. The molecule has 0 aliphatic carbocycles. The zero-order valence-corrected chi connectivity index (χ0v) is 9.69. The molecule has 0 aromatic heterocycles. The Labute approximate surface area is 99.8 Å². The second-order valence-corrected chi connectivity index (χ2v) is 3.98. The summed E-state index contributed by atoms with van der Waals surface area (Å²) in [6.07, 6.45) is 0.916. The van der Waals surface area contributed by atoms with Crippen molar-refractivity contribution in [2.75, 3.05) is 25.5 Å². The highest BCUT2D eigenvalue weighted by atomic mass is 16.5. The van der Waals surface area contributed by atoms with Crippen LogP contribution in [0.5, 0.6) is 5.75 Å². The van der Waals surface area contributed by atoms with Crippen molar-refractivity contribution in [3.05, 3.63) is 23.8 Å². The maximum Gasteiger partial charge on any atom is 0.322 e. The van der Waals surface area contributed by atoms with Crippen molar-refractivity contribution < 1.29 is 14.6 Å². The van der Waals surface area contributed by atoms with Crippen LogP contribution in [0.2, 0.25) is 0 Å². The van der Waals surface area contributed by atoms with Crippen molar-refractivity contribution >= 4 is 11.7 Å². The predicted octanol–water partition coefficient (Wildman–Crippen LogP) is 0.706. The van der Waals surface area contributed by atoms with E-state index in [1.807, 2.05) is 18.2 Å². The lowest BCUT2D eigenvalue weighted by Gasteiger charge is -2.13. The predicted molar refractivity (Wildman–Crippen MR) is 64.6 cm³/mol. The number of hydrogen-bond donors (Lipinski definition) is 3. The molecule has 5 heteroatoms. The van der Waals surface area contributed by atoms with E-state index in [0.717, 1.165) is 24.5 Å². The smallest absolute Gasteiger partial charge is 0.322 e. The van der Waals surface area contributed by atoms with E-state index in [4.69, 9.17) is 9.84 Å². The Morgan fingerprint density at radius 3 is 3.12 bits per heavy atom. The quantitative estimate of drug-likeness (QED) is 0.702. The molecule has 1 aliphatic rings. The van der Waals surface area contributed by atoms with Gasteiger partial charge in [-0.15, -0.1) is 0 Å². The van der Waals surface area contributed by atoms with Crippen molar-refractivity contribution in [3.8, 4) is 5.75 Å². The van der Waals surface area contributed by atoms with Crippen LogP contribution in [-0.2, 0) is 11.2 Å². The summed E-state index contributed by atoms with van der Waals surface area (Å²) in [6, 6.07) is 5.25. The maximum absolute atomic E-state index is 10.8. The minimum Gasteiger partial charge on any atom is -0.493 e. The van der Waals surface area contributed by atoms with E-state index < -0.39 is 12.0 Å². The monoisotopic (exact) mass is 236 g/mol. The van der Waals surface area contributed by atoms with Gasteiger partial charge in [0.25, 0.3) is 0 Å². The number of aliphatic carboxylic acids is 1. The van der Waals surface area contributed by atoms with Gasteiger partial charge >= 0.3 is 5.97 Å². The Hall–Kier alpha value is -1.75. The van der Waals surface area contributed by atoms with Gasteiger partial charge in [-0.1, -0.05) is 0 Å².